The number of methoxy groups -OCH3 is 3. The lowest BCUT2D eigenvalue weighted by atomic mass is 9.94. The van der Waals surface area contributed by atoms with Crippen LogP contribution in [0.15, 0.2) is 75.7 Å². The van der Waals surface area contributed by atoms with Gasteiger partial charge in [-0.15, -0.1) is 0 Å². The van der Waals surface area contributed by atoms with E-state index in [-0.39, 0.29) is 17.7 Å². The second kappa shape index (κ2) is 10.8. The van der Waals surface area contributed by atoms with E-state index in [4.69, 9.17) is 18.9 Å². The molecule has 1 aliphatic heterocycles. The van der Waals surface area contributed by atoms with Crippen molar-refractivity contribution in [1.29, 1.82) is 0 Å². The average Bonchev–Trinajstić information content (AvgIpc) is 3.25. The van der Waals surface area contributed by atoms with E-state index in [2.05, 4.69) is 4.99 Å². The molecular weight excluding hydrogens is 516 g/mol. The molecule has 39 heavy (non-hydrogen) atoms. The average molecular weight is 545 g/mol. The minimum absolute atomic E-state index is 0.183. The monoisotopic (exact) mass is 544 g/mol. The van der Waals surface area contributed by atoms with Crippen molar-refractivity contribution in [1.82, 2.24) is 4.57 Å². The van der Waals surface area contributed by atoms with Gasteiger partial charge in [0.25, 0.3) is 5.56 Å². The van der Waals surface area contributed by atoms with Crippen molar-refractivity contribution in [2.24, 2.45) is 4.99 Å². The van der Waals surface area contributed by atoms with Gasteiger partial charge in [-0.1, -0.05) is 53.8 Å². The summed E-state index contributed by atoms with van der Waals surface area (Å²) in [6, 6.07) is 16.3. The van der Waals surface area contributed by atoms with Crippen molar-refractivity contribution in [3.05, 3.63) is 96.7 Å². The molecular formula is C30H28N2O6S. The van der Waals surface area contributed by atoms with Crippen molar-refractivity contribution < 1.29 is 23.7 Å². The Hall–Kier alpha value is -4.37. The Labute approximate surface area is 229 Å². The Morgan fingerprint density at radius 2 is 1.77 bits per heavy atom. The molecule has 0 fully saturated rings. The van der Waals surface area contributed by atoms with Crippen LogP contribution in [0.1, 0.15) is 31.0 Å². The van der Waals surface area contributed by atoms with Crippen LogP contribution in [0.4, 0.5) is 0 Å². The van der Waals surface area contributed by atoms with E-state index < -0.39 is 12.0 Å². The predicted octanol–water partition coefficient (Wildman–Crippen LogP) is 3.98. The minimum Gasteiger partial charge on any atom is -0.496 e. The fraction of sp³-hybridized carbons (Fsp3) is 0.233. The Morgan fingerprint density at radius 3 is 2.49 bits per heavy atom. The van der Waals surface area contributed by atoms with Gasteiger partial charge < -0.3 is 18.9 Å². The van der Waals surface area contributed by atoms with Crippen LogP contribution >= 0.6 is 11.3 Å². The van der Waals surface area contributed by atoms with Crippen LogP contribution in [0.2, 0.25) is 0 Å². The molecule has 1 aliphatic rings. The summed E-state index contributed by atoms with van der Waals surface area (Å²) in [5.74, 6) is 1.01. The summed E-state index contributed by atoms with van der Waals surface area (Å²) in [4.78, 5) is 32.5. The first-order chi connectivity index (χ1) is 18.9. The third kappa shape index (κ3) is 4.48. The van der Waals surface area contributed by atoms with Gasteiger partial charge in [0.2, 0.25) is 0 Å². The van der Waals surface area contributed by atoms with Crippen molar-refractivity contribution in [3.63, 3.8) is 0 Å². The number of carbonyl (C=O) groups is 1. The summed E-state index contributed by atoms with van der Waals surface area (Å²) in [6.07, 6.45) is 1.83. The zero-order valence-corrected chi connectivity index (χ0v) is 23.1. The molecule has 4 aromatic rings. The van der Waals surface area contributed by atoms with Gasteiger partial charge >= 0.3 is 5.97 Å². The maximum atomic E-state index is 14.1. The predicted molar refractivity (Wildman–Crippen MR) is 150 cm³/mol. The second-order valence-electron chi connectivity index (χ2n) is 8.79. The van der Waals surface area contributed by atoms with Crippen LogP contribution in [-0.2, 0) is 9.53 Å². The van der Waals surface area contributed by atoms with Gasteiger partial charge in [-0.25, -0.2) is 9.79 Å². The standard InChI is InChI=1S/C30H28N2O6S/c1-6-38-29(34)25-17(2)31-30-32(26(25)20-12-9-13-23(36-4)27(20)37-5)28(33)24(39-30)16-21-19-11-8-7-10-18(19)14-15-22(21)35-3/h7-16,26H,6H2,1-5H3. The molecule has 1 aromatic heterocycles. The maximum Gasteiger partial charge on any atom is 0.338 e. The Balaban J connectivity index is 1.82. The van der Waals surface area contributed by atoms with Gasteiger partial charge in [0, 0.05) is 11.1 Å². The lowest BCUT2D eigenvalue weighted by molar-refractivity contribution is -0.139. The quantitative estimate of drug-likeness (QED) is 0.327. The molecule has 1 unspecified atom stereocenters. The number of benzene rings is 3. The maximum absolute atomic E-state index is 14.1. The zero-order valence-electron chi connectivity index (χ0n) is 22.3. The zero-order chi connectivity index (χ0) is 27.7. The highest BCUT2D eigenvalue weighted by Gasteiger charge is 2.35. The molecule has 0 bridgehead atoms. The highest BCUT2D eigenvalue weighted by Crippen LogP contribution is 2.40. The molecule has 0 radical (unpaired) electrons. The molecule has 0 N–H and O–H groups in total. The minimum atomic E-state index is -0.832. The van der Waals surface area contributed by atoms with Crippen LogP contribution in [-0.4, -0.2) is 38.5 Å². The summed E-state index contributed by atoms with van der Waals surface area (Å²) >= 11 is 1.25. The molecule has 0 spiro atoms. The summed E-state index contributed by atoms with van der Waals surface area (Å²) in [5.41, 5.74) is 1.82. The van der Waals surface area contributed by atoms with Gasteiger partial charge in [-0.2, -0.15) is 0 Å². The summed E-state index contributed by atoms with van der Waals surface area (Å²) in [7, 11) is 4.67. The van der Waals surface area contributed by atoms with Gasteiger partial charge in [0.15, 0.2) is 16.3 Å². The molecule has 5 rings (SSSR count). The van der Waals surface area contributed by atoms with E-state index in [0.29, 0.717) is 37.8 Å². The molecule has 0 saturated carbocycles. The Morgan fingerprint density at radius 1 is 1.00 bits per heavy atom. The Bertz CT molecular complexity index is 1800. The summed E-state index contributed by atoms with van der Waals surface area (Å²) in [6.45, 7) is 3.67. The molecule has 3 aromatic carbocycles. The summed E-state index contributed by atoms with van der Waals surface area (Å²) < 4.78 is 24.3. The topological polar surface area (TPSA) is 88.4 Å². The van der Waals surface area contributed by atoms with Gasteiger partial charge in [0.05, 0.1) is 43.7 Å². The van der Waals surface area contributed by atoms with E-state index in [1.54, 1.807) is 33.1 Å². The number of nitrogens with zero attached hydrogens (tertiary/aromatic N) is 2. The van der Waals surface area contributed by atoms with E-state index in [1.807, 2.05) is 48.5 Å². The number of aromatic nitrogens is 1. The molecule has 0 amide bonds. The number of hydrogen-bond donors (Lipinski definition) is 0. The van der Waals surface area contributed by atoms with Crippen molar-refractivity contribution in [2.45, 2.75) is 19.9 Å². The fourth-order valence-electron chi connectivity index (χ4n) is 4.95. The Kier molecular flexibility index (Phi) is 7.26. The van der Waals surface area contributed by atoms with E-state index in [0.717, 1.165) is 16.3 Å². The third-order valence-corrected chi connectivity index (χ3v) is 7.65. The first kappa shape index (κ1) is 26.2. The molecule has 1 atom stereocenters. The van der Waals surface area contributed by atoms with Crippen LogP contribution in [0.3, 0.4) is 0 Å². The molecule has 200 valence electrons. The first-order valence-electron chi connectivity index (χ1n) is 12.4. The number of allylic oxidation sites excluding steroid dienone is 1. The molecule has 0 aliphatic carbocycles. The lowest BCUT2D eigenvalue weighted by Crippen LogP contribution is -2.40. The SMILES string of the molecule is CCOC(=O)C1=C(C)N=c2sc(=Cc3c(OC)ccc4ccccc34)c(=O)n2C1c1cccc(OC)c1OC. The second-order valence-corrected chi connectivity index (χ2v) is 9.80. The highest BCUT2D eigenvalue weighted by atomic mass is 32.1. The third-order valence-electron chi connectivity index (χ3n) is 6.67. The van der Waals surface area contributed by atoms with Crippen LogP contribution in [0.25, 0.3) is 16.8 Å². The lowest BCUT2D eigenvalue weighted by Gasteiger charge is -2.26. The van der Waals surface area contributed by atoms with E-state index >= 15 is 0 Å². The van der Waals surface area contributed by atoms with Gasteiger partial charge in [-0.05, 0) is 42.8 Å². The van der Waals surface area contributed by atoms with Crippen LogP contribution in [0, 0.1) is 0 Å². The van der Waals surface area contributed by atoms with Crippen LogP contribution < -0.4 is 29.1 Å². The first-order valence-corrected chi connectivity index (χ1v) is 13.2. The molecule has 9 heteroatoms. The normalized spacial score (nSPS) is 15.1. The van der Waals surface area contributed by atoms with E-state index in [1.165, 1.54) is 30.1 Å². The smallest absolute Gasteiger partial charge is 0.338 e. The molecule has 8 nitrogen and oxygen atoms in total. The van der Waals surface area contributed by atoms with Crippen molar-refractivity contribution in [2.75, 3.05) is 27.9 Å². The largest absolute Gasteiger partial charge is 0.496 e. The molecule has 0 saturated heterocycles. The highest BCUT2D eigenvalue weighted by molar-refractivity contribution is 7.07. The van der Waals surface area contributed by atoms with Crippen molar-refractivity contribution in [3.8, 4) is 17.2 Å². The van der Waals surface area contributed by atoms with Crippen molar-refractivity contribution >= 4 is 34.2 Å². The number of fused-ring (bicyclic) bond motifs is 2. The number of ether oxygens (including phenoxy) is 4. The van der Waals surface area contributed by atoms with E-state index in [9.17, 15) is 9.59 Å². The number of hydrogen-bond acceptors (Lipinski definition) is 8. The number of para-hydroxylation sites is 1. The molecule has 2 heterocycles. The number of thiazole rings is 1. The number of rotatable bonds is 7. The van der Waals surface area contributed by atoms with Crippen LogP contribution in [0.5, 0.6) is 17.2 Å². The van der Waals surface area contributed by atoms with Gasteiger partial charge in [0.1, 0.15) is 11.8 Å². The number of esters is 1. The number of carbonyl (C=O) groups excluding carboxylic acids is 1. The van der Waals surface area contributed by atoms with Gasteiger partial charge in [-0.3, -0.25) is 9.36 Å². The fourth-order valence-corrected chi connectivity index (χ4v) is 5.98. The summed E-state index contributed by atoms with van der Waals surface area (Å²) in [5, 5.41) is 1.98.